The Morgan fingerprint density at radius 1 is 1.33 bits per heavy atom. The number of aliphatic hydroxyl groups excluding tert-OH is 1. The van der Waals surface area contributed by atoms with Gasteiger partial charge in [0.25, 0.3) is 0 Å². The summed E-state index contributed by atoms with van der Waals surface area (Å²) in [5.74, 6) is 11.6. The topological polar surface area (TPSA) is 63.3 Å². The summed E-state index contributed by atoms with van der Waals surface area (Å²) in [5, 5.41) is 8.84. The first-order valence-electron chi connectivity index (χ1n) is 5.73. The van der Waals surface area contributed by atoms with Gasteiger partial charge in [-0.05, 0) is 48.4 Å². The maximum absolute atomic E-state index is 10.9. The molecule has 1 aliphatic rings. The van der Waals surface area contributed by atoms with Crippen molar-refractivity contribution in [1.82, 2.24) is 0 Å². The summed E-state index contributed by atoms with van der Waals surface area (Å²) in [5.41, 5.74) is 6.40. The van der Waals surface area contributed by atoms with Crippen LogP contribution >= 0.6 is 0 Å². The van der Waals surface area contributed by atoms with Crippen LogP contribution in [0.4, 0.5) is 0 Å². The van der Waals surface area contributed by atoms with Crippen molar-refractivity contribution in [3.8, 4) is 23.7 Å². The Labute approximate surface area is 106 Å². The second-order valence-corrected chi connectivity index (χ2v) is 4.25. The van der Waals surface area contributed by atoms with Gasteiger partial charge in [-0.1, -0.05) is 11.8 Å². The number of nitrogens with two attached hydrogens (primary N) is 1. The van der Waals surface area contributed by atoms with E-state index in [4.69, 9.17) is 10.8 Å². The molecule has 1 saturated carbocycles. The zero-order valence-electron chi connectivity index (χ0n) is 9.81. The van der Waals surface area contributed by atoms with Crippen LogP contribution in [0.25, 0.3) is 0 Å². The monoisotopic (exact) mass is 239 g/mol. The molecule has 1 aromatic carbocycles. The molecular formula is C15H13NO2. The van der Waals surface area contributed by atoms with Crippen LogP contribution in [0.1, 0.15) is 22.3 Å². The van der Waals surface area contributed by atoms with Gasteiger partial charge in [-0.25, -0.2) is 0 Å². The molecular weight excluding hydrogens is 226 g/mol. The lowest BCUT2D eigenvalue weighted by atomic mass is 10.1. The molecule has 2 atom stereocenters. The molecule has 2 rings (SSSR count). The van der Waals surface area contributed by atoms with E-state index in [-0.39, 0.29) is 6.61 Å². The van der Waals surface area contributed by atoms with E-state index < -0.39 is 5.91 Å². The van der Waals surface area contributed by atoms with Crippen LogP contribution in [-0.4, -0.2) is 17.6 Å². The predicted molar refractivity (Wildman–Crippen MR) is 68.3 cm³/mol. The number of benzene rings is 1. The molecule has 0 spiro atoms. The summed E-state index contributed by atoms with van der Waals surface area (Å²) in [6.07, 6.45) is 0.971. The fraction of sp³-hybridized carbons (Fsp3) is 0.267. The lowest BCUT2D eigenvalue weighted by Crippen LogP contribution is -2.10. The standard InChI is InChI=1S/C15H13NO2/c16-15(18)12-7-5-11(6-8-12)3-1-2-4-13-9-14(13)10-17/h5-8,13-14,17H,9-10H2,(H2,16,18)/t13-,14+/m0/s1. The number of carbonyl (C=O) groups excluding carboxylic acids is 1. The maximum atomic E-state index is 10.9. The third-order valence-corrected chi connectivity index (χ3v) is 2.85. The molecule has 0 aromatic heterocycles. The molecule has 90 valence electrons. The number of amides is 1. The van der Waals surface area contributed by atoms with E-state index in [2.05, 4.69) is 23.7 Å². The largest absolute Gasteiger partial charge is 0.396 e. The van der Waals surface area contributed by atoms with Crippen molar-refractivity contribution < 1.29 is 9.90 Å². The maximum Gasteiger partial charge on any atom is 0.248 e. The Balaban J connectivity index is 1.96. The Hall–Kier alpha value is -2.23. The van der Waals surface area contributed by atoms with Gasteiger partial charge in [-0.2, -0.15) is 0 Å². The molecule has 0 saturated heterocycles. The lowest BCUT2D eigenvalue weighted by Gasteiger charge is -1.93. The highest BCUT2D eigenvalue weighted by Crippen LogP contribution is 2.36. The molecule has 0 unspecified atom stereocenters. The summed E-state index contributed by atoms with van der Waals surface area (Å²) >= 11 is 0. The fourth-order valence-electron chi connectivity index (χ4n) is 1.58. The zero-order valence-corrected chi connectivity index (χ0v) is 9.81. The molecule has 0 bridgehead atoms. The highest BCUT2D eigenvalue weighted by Gasteiger charge is 2.34. The first-order chi connectivity index (χ1) is 8.70. The summed E-state index contributed by atoms with van der Waals surface area (Å²) in [6.45, 7) is 0.210. The van der Waals surface area contributed by atoms with Crippen molar-refractivity contribution in [2.24, 2.45) is 17.6 Å². The fourth-order valence-corrected chi connectivity index (χ4v) is 1.58. The average Bonchev–Trinajstić information content (AvgIpc) is 3.14. The Bertz CT molecular complexity index is 566. The second-order valence-electron chi connectivity index (χ2n) is 4.25. The van der Waals surface area contributed by atoms with Crippen LogP contribution in [0.3, 0.4) is 0 Å². The van der Waals surface area contributed by atoms with E-state index in [1.807, 2.05) is 0 Å². The molecule has 0 radical (unpaired) electrons. The molecule has 3 N–H and O–H groups in total. The number of hydrogen-bond acceptors (Lipinski definition) is 2. The number of aliphatic hydroxyl groups is 1. The van der Waals surface area contributed by atoms with Gasteiger partial charge in [0.2, 0.25) is 5.91 Å². The number of hydrogen-bond donors (Lipinski definition) is 2. The normalized spacial score (nSPS) is 20.1. The summed E-state index contributed by atoms with van der Waals surface area (Å²) in [6, 6.07) is 6.76. The van der Waals surface area contributed by atoms with Crippen LogP contribution in [0.5, 0.6) is 0 Å². The molecule has 3 heteroatoms. The van der Waals surface area contributed by atoms with Gasteiger partial charge in [0, 0.05) is 23.7 Å². The summed E-state index contributed by atoms with van der Waals surface area (Å²) < 4.78 is 0. The Kier molecular flexibility index (Phi) is 3.67. The number of rotatable bonds is 2. The lowest BCUT2D eigenvalue weighted by molar-refractivity contribution is 0.100. The van der Waals surface area contributed by atoms with Gasteiger partial charge in [0.05, 0.1) is 0 Å². The van der Waals surface area contributed by atoms with Gasteiger partial charge in [-0.3, -0.25) is 4.79 Å². The summed E-state index contributed by atoms with van der Waals surface area (Å²) in [7, 11) is 0. The van der Waals surface area contributed by atoms with E-state index in [1.165, 1.54) is 0 Å². The molecule has 1 fully saturated rings. The molecule has 3 nitrogen and oxygen atoms in total. The van der Waals surface area contributed by atoms with Crippen molar-refractivity contribution >= 4 is 5.91 Å². The molecule has 1 aromatic rings. The highest BCUT2D eigenvalue weighted by molar-refractivity contribution is 5.92. The van der Waals surface area contributed by atoms with Gasteiger partial charge in [0.15, 0.2) is 0 Å². The van der Waals surface area contributed by atoms with E-state index in [1.54, 1.807) is 24.3 Å². The number of primary amides is 1. The minimum atomic E-state index is -0.446. The minimum absolute atomic E-state index is 0.210. The minimum Gasteiger partial charge on any atom is -0.396 e. The second kappa shape index (κ2) is 5.40. The van der Waals surface area contributed by atoms with E-state index in [0.717, 1.165) is 12.0 Å². The summed E-state index contributed by atoms with van der Waals surface area (Å²) in [4.78, 5) is 10.9. The Morgan fingerprint density at radius 3 is 2.61 bits per heavy atom. The van der Waals surface area contributed by atoms with Crippen LogP contribution < -0.4 is 5.73 Å². The zero-order chi connectivity index (χ0) is 13.0. The Morgan fingerprint density at radius 2 is 2.06 bits per heavy atom. The van der Waals surface area contributed by atoms with Gasteiger partial charge >= 0.3 is 0 Å². The van der Waals surface area contributed by atoms with Crippen LogP contribution in [-0.2, 0) is 0 Å². The SMILES string of the molecule is NC(=O)c1ccc(C#CC#C[C@H]2C[C@@H]2CO)cc1. The smallest absolute Gasteiger partial charge is 0.248 e. The highest BCUT2D eigenvalue weighted by atomic mass is 16.3. The van der Waals surface area contributed by atoms with Crippen molar-refractivity contribution in [3.63, 3.8) is 0 Å². The van der Waals surface area contributed by atoms with E-state index in [9.17, 15) is 4.79 Å². The third-order valence-electron chi connectivity index (χ3n) is 2.85. The molecule has 0 aliphatic heterocycles. The quantitative estimate of drug-likeness (QED) is 0.749. The van der Waals surface area contributed by atoms with E-state index >= 15 is 0 Å². The van der Waals surface area contributed by atoms with Crippen molar-refractivity contribution in [1.29, 1.82) is 0 Å². The van der Waals surface area contributed by atoms with E-state index in [0.29, 0.717) is 17.4 Å². The first kappa shape index (κ1) is 12.2. The van der Waals surface area contributed by atoms with Gasteiger partial charge in [0.1, 0.15) is 0 Å². The molecule has 18 heavy (non-hydrogen) atoms. The molecule has 1 aliphatic carbocycles. The average molecular weight is 239 g/mol. The van der Waals surface area contributed by atoms with Crippen molar-refractivity contribution in [2.75, 3.05) is 6.61 Å². The predicted octanol–water partition coefficient (Wildman–Crippen LogP) is 0.769. The van der Waals surface area contributed by atoms with Crippen LogP contribution in [0.2, 0.25) is 0 Å². The third kappa shape index (κ3) is 3.13. The first-order valence-corrected chi connectivity index (χ1v) is 5.73. The number of carbonyl (C=O) groups is 1. The van der Waals surface area contributed by atoms with Crippen molar-refractivity contribution in [2.45, 2.75) is 6.42 Å². The van der Waals surface area contributed by atoms with Gasteiger partial charge in [-0.15, -0.1) is 0 Å². The van der Waals surface area contributed by atoms with Crippen molar-refractivity contribution in [3.05, 3.63) is 35.4 Å². The van der Waals surface area contributed by atoms with Crippen LogP contribution in [0.15, 0.2) is 24.3 Å². The molecule has 1 amide bonds. The molecule has 0 heterocycles. The van der Waals surface area contributed by atoms with Crippen LogP contribution in [0, 0.1) is 35.5 Å². The van der Waals surface area contributed by atoms with Gasteiger partial charge < -0.3 is 10.8 Å².